The molecule has 0 saturated heterocycles. The van der Waals surface area contributed by atoms with E-state index in [4.69, 9.17) is 0 Å². The van der Waals surface area contributed by atoms with Crippen LogP contribution in [0, 0.1) is 0 Å². The van der Waals surface area contributed by atoms with E-state index < -0.39 is 0 Å². The summed E-state index contributed by atoms with van der Waals surface area (Å²) in [5.41, 5.74) is 1.08. The van der Waals surface area contributed by atoms with Gasteiger partial charge in [-0.1, -0.05) is 23.5 Å². The summed E-state index contributed by atoms with van der Waals surface area (Å²) >= 11 is 1.43. The number of hydrogen-bond donors (Lipinski definition) is 1. The number of aromatic nitrogens is 6. The predicted molar refractivity (Wildman–Crippen MR) is 79.0 cm³/mol. The van der Waals surface area contributed by atoms with E-state index in [0.717, 1.165) is 17.8 Å². The van der Waals surface area contributed by atoms with Gasteiger partial charge in [0.2, 0.25) is 5.13 Å². The second-order valence-electron chi connectivity index (χ2n) is 4.95. The van der Waals surface area contributed by atoms with E-state index in [1.54, 1.807) is 18.2 Å². The molecule has 1 amide bonds. The van der Waals surface area contributed by atoms with Gasteiger partial charge in [0, 0.05) is 5.92 Å². The SMILES string of the molecule is O=C(Nc1nnc(C2CC2)s1)c1ccccc1-n1cnnn1. The van der Waals surface area contributed by atoms with Gasteiger partial charge in [-0.05, 0) is 35.4 Å². The van der Waals surface area contributed by atoms with Crippen molar-refractivity contribution in [2.24, 2.45) is 0 Å². The van der Waals surface area contributed by atoms with Crippen LogP contribution in [0.1, 0.15) is 34.1 Å². The quantitative estimate of drug-likeness (QED) is 0.786. The summed E-state index contributed by atoms with van der Waals surface area (Å²) in [6.45, 7) is 0. The van der Waals surface area contributed by atoms with Crippen molar-refractivity contribution in [3.8, 4) is 5.69 Å². The fourth-order valence-electron chi connectivity index (χ4n) is 2.08. The van der Waals surface area contributed by atoms with Crippen LogP contribution in [0.4, 0.5) is 5.13 Å². The highest BCUT2D eigenvalue weighted by molar-refractivity contribution is 7.15. The van der Waals surface area contributed by atoms with Gasteiger partial charge >= 0.3 is 0 Å². The Balaban J connectivity index is 1.59. The summed E-state index contributed by atoms with van der Waals surface area (Å²) in [5.74, 6) is 0.265. The number of nitrogens with one attached hydrogen (secondary N) is 1. The highest BCUT2D eigenvalue weighted by atomic mass is 32.1. The molecule has 0 unspecified atom stereocenters. The molecule has 4 rings (SSSR count). The van der Waals surface area contributed by atoms with Crippen molar-refractivity contribution < 1.29 is 4.79 Å². The maximum absolute atomic E-state index is 12.5. The van der Waals surface area contributed by atoms with E-state index in [0.29, 0.717) is 22.3 Å². The van der Waals surface area contributed by atoms with Crippen molar-refractivity contribution in [3.63, 3.8) is 0 Å². The molecule has 1 N–H and O–H groups in total. The van der Waals surface area contributed by atoms with E-state index in [2.05, 4.69) is 31.0 Å². The molecule has 8 nitrogen and oxygen atoms in total. The largest absolute Gasteiger partial charge is 0.296 e. The van der Waals surface area contributed by atoms with Crippen LogP contribution in [-0.2, 0) is 0 Å². The van der Waals surface area contributed by atoms with Gasteiger partial charge in [-0.25, -0.2) is 0 Å². The zero-order valence-corrected chi connectivity index (χ0v) is 12.2. The molecule has 110 valence electrons. The molecule has 1 aromatic carbocycles. The number of amides is 1. The molecule has 2 aromatic heterocycles. The first-order chi connectivity index (χ1) is 10.8. The van der Waals surface area contributed by atoms with E-state index in [1.807, 2.05) is 6.07 Å². The fraction of sp³-hybridized carbons (Fsp3) is 0.231. The average molecular weight is 313 g/mol. The van der Waals surface area contributed by atoms with Gasteiger partial charge in [-0.15, -0.1) is 15.3 Å². The van der Waals surface area contributed by atoms with Gasteiger partial charge in [-0.2, -0.15) is 4.68 Å². The smallest absolute Gasteiger partial charge is 0.259 e. The Bertz CT molecular complexity index is 809. The number of para-hydroxylation sites is 1. The zero-order chi connectivity index (χ0) is 14.9. The van der Waals surface area contributed by atoms with E-state index in [1.165, 1.54) is 22.3 Å². The molecule has 3 aromatic rings. The minimum Gasteiger partial charge on any atom is -0.296 e. The van der Waals surface area contributed by atoms with Gasteiger partial charge in [-0.3, -0.25) is 10.1 Å². The normalized spacial score (nSPS) is 14.0. The van der Waals surface area contributed by atoms with E-state index >= 15 is 0 Å². The number of rotatable bonds is 4. The number of tetrazole rings is 1. The van der Waals surface area contributed by atoms with Crippen molar-refractivity contribution in [1.29, 1.82) is 0 Å². The van der Waals surface area contributed by atoms with Crippen LogP contribution in [0.3, 0.4) is 0 Å². The molecule has 0 radical (unpaired) electrons. The van der Waals surface area contributed by atoms with Crippen LogP contribution in [0.2, 0.25) is 0 Å². The Morgan fingerprint density at radius 2 is 2.14 bits per heavy atom. The third-order valence-electron chi connectivity index (χ3n) is 3.33. The number of hydrogen-bond acceptors (Lipinski definition) is 7. The Hall–Kier alpha value is -2.68. The second-order valence-corrected chi connectivity index (χ2v) is 5.95. The van der Waals surface area contributed by atoms with E-state index in [-0.39, 0.29) is 5.91 Å². The Morgan fingerprint density at radius 3 is 2.91 bits per heavy atom. The van der Waals surface area contributed by atoms with Gasteiger partial charge in [0.25, 0.3) is 5.91 Å². The minimum atomic E-state index is -0.260. The molecule has 1 aliphatic carbocycles. The molecule has 9 heteroatoms. The van der Waals surface area contributed by atoms with Gasteiger partial charge in [0.15, 0.2) is 0 Å². The van der Waals surface area contributed by atoms with Crippen LogP contribution in [0.15, 0.2) is 30.6 Å². The molecule has 0 atom stereocenters. The summed E-state index contributed by atoms with van der Waals surface area (Å²) in [4.78, 5) is 12.5. The molecule has 2 heterocycles. The van der Waals surface area contributed by atoms with Crippen molar-refractivity contribution in [2.75, 3.05) is 5.32 Å². The topological polar surface area (TPSA) is 98.5 Å². The highest BCUT2D eigenvalue weighted by Gasteiger charge is 2.28. The van der Waals surface area contributed by atoms with Crippen LogP contribution >= 0.6 is 11.3 Å². The van der Waals surface area contributed by atoms with Crippen LogP contribution in [0.25, 0.3) is 5.69 Å². The summed E-state index contributed by atoms with van der Waals surface area (Å²) in [6, 6.07) is 7.11. The van der Waals surface area contributed by atoms with Gasteiger partial charge < -0.3 is 0 Å². The number of nitrogens with zero attached hydrogens (tertiary/aromatic N) is 6. The first-order valence-electron chi connectivity index (χ1n) is 6.78. The Morgan fingerprint density at radius 1 is 1.27 bits per heavy atom. The molecule has 1 fully saturated rings. The van der Waals surface area contributed by atoms with Crippen molar-refractivity contribution in [2.45, 2.75) is 18.8 Å². The summed E-state index contributed by atoms with van der Waals surface area (Å²) < 4.78 is 1.45. The maximum Gasteiger partial charge on any atom is 0.259 e. The van der Waals surface area contributed by atoms with Crippen molar-refractivity contribution >= 4 is 22.4 Å². The standard InChI is InChI=1S/C13H11N7OS/c21-11(15-13-17-16-12(22-13)8-5-6-8)9-3-1-2-4-10(9)20-7-14-18-19-20/h1-4,7-8H,5-6H2,(H,15,17,21). The molecule has 1 aliphatic rings. The van der Waals surface area contributed by atoms with Gasteiger partial charge in [0.1, 0.15) is 11.3 Å². The second kappa shape index (κ2) is 5.26. The van der Waals surface area contributed by atoms with Crippen LogP contribution in [0.5, 0.6) is 0 Å². The first kappa shape index (κ1) is 13.0. The van der Waals surface area contributed by atoms with Crippen LogP contribution in [-0.4, -0.2) is 36.3 Å². The molecule has 1 saturated carbocycles. The maximum atomic E-state index is 12.5. The predicted octanol–water partition coefficient (Wildman–Crippen LogP) is 1.64. The van der Waals surface area contributed by atoms with Crippen molar-refractivity contribution in [3.05, 3.63) is 41.2 Å². The van der Waals surface area contributed by atoms with E-state index in [9.17, 15) is 4.79 Å². The molecular weight excluding hydrogens is 302 g/mol. The van der Waals surface area contributed by atoms with Gasteiger partial charge in [0.05, 0.1) is 11.3 Å². The molecule has 22 heavy (non-hydrogen) atoms. The number of anilines is 1. The summed E-state index contributed by atoms with van der Waals surface area (Å²) in [6.07, 6.45) is 3.76. The fourth-order valence-corrected chi connectivity index (χ4v) is 2.99. The summed E-state index contributed by atoms with van der Waals surface area (Å²) in [7, 11) is 0. The number of carbonyl (C=O) groups excluding carboxylic acids is 1. The van der Waals surface area contributed by atoms with Crippen molar-refractivity contribution in [1.82, 2.24) is 30.4 Å². The third kappa shape index (κ3) is 2.46. The Labute approximate surface area is 129 Å². The number of carbonyl (C=O) groups is 1. The average Bonchev–Trinajstić information content (AvgIpc) is 3.06. The lowest BCUT2D eigenvalue weighted by molar-refractivity contribution is 0.102. The lowest BCUT2D eigenvalue weighted by atomic mass is 10.1. The molecule has 0 bridgehead atoms. The third-order valence-corrected chi connectivity index (χ3v) is 4.33. The molecular formula is C13H11N7OS. The zero-order valence-electron chi connectivity index (χ0n) is 11.4. The molecule has 0 aliphatic heterocycles. The Kier molecular flexibility index (Phi) is 3.11. The lowest BCUT2D eigenvalue weighted by Crippen LogP contribution is -2.15. The monoisotopic (exact) mass is 313 g/mol. The lowest BCUT2D eigenvalue weighted by Gasteiger charge is -2.07. The number of benzene rings is 1. The minimum absolute atomic E-state index is 0.260. The van der Waals surface area contributed by atoms with Crippen LogP contribution < -0.4 is 5.32 Å². The summed E-state index contributed by atoms with van der Waals surface area (Å²) in [5, 5.41) is 23.4. The highest BCUT2D eigenvalue weighted by Crippen LogP contribution is 2.42. The molecule has 0 spiro atoms. The first-order valence-corrected chi connectivity index (χ1v) is 7.60.